The number of nitrogens with zero attached hydrogens (tertiary/aromatic N) is 2. The second-order valence-corrected chi connectivity index (χ2v) is 5.55. The van der Waals surface area contributed by atoms with Crippen molar-refractivity contribution in [2.75, 3.05) is 0 Å². The first kappa shape index (κ1) is 13.6. The fraction of sp³-hybridized carbons (Fsp3) is 0.800. The van der Waals surface area contributed by atoms with Crippen LogP contribution in [0.25, 0.3) is 0 Å². The largest absolute Gasteiger partial charge is 0.334 e. The van der Waals surface area contributed by atoms with Gasteiger partial charge in [0.1, 0.15) is 5.82 Å². The molecule has 1 aromatic rings. The number of hydrogen-bond donors (Lipinski definition) is 1. The molecule has 102 valence electrons. The highest BCUT2D eigenvalue weighted by molar-refractivity contribution is 4.92. The van der Waals surface area contributed by atoms with E-state index in [-0.39, 0.29) is 0 Å². The highest BCUT2D eigenvalue weighted by atomic mass is 15.1. The summed E-state index contributed by atoms with van der Waals surface area (Å²) in [6.45, 7) is 6.42. The van der Waals surface area contributed by atoms with Crippen LogP contribution >= 0.6 is 0 Å². The summed E-state index contributed by atoms with van der Waals surface area (Å²) in [5, 5.41) is 3.67. The van der Waals surface area contributed by atoms with E-state index in [0.29, 0.717) is 6.04 Å². The minimum atomic E-state index is 0.616. The molecular weight excluding hydrogens is 222 g/mol. The summed E-state index contributed by atoms with van der Waals surface area (Å²) in [6.07, 6.45) is 12.5. The average Bonchev–Trinajstić information content (AvgIpc) is 2.67. The van der Waals surface area contributed by atoms with Crippen molar-refractivity contribution in [2.45, 2.75) is 71.5 Å². The lowest BCUT2D eigenvalue weighted by molar-refractivity contribution is 0.333. The summed E-state index contributed by atoms with van der Waals surface area (Å²) < 4.78 is 2.22. The number of aromatic nitrogens is 2. The molecule has 2 rings (SSSR count). The predicted octanol–water partition coefficient (Wildman–Crippen LogP) is 3.35. The maximum absolute atomic E-state index is 4.42. The lowest BCUT2D eigenvalue weighted by Gasteiger charge is -2.23. The number of imidazole rings is 1. The Morgan fingerprint density at radius 2 is 2.06 bits per heavy atom. The van der Waals surface area contributed by atoms with Crippen LogP contribution in [0.2, 0.25) is 0 Å². The van der Waals surface area contributed by atoms with E-state index in [9.17, 15) is 0 Å². The SMILES string of the molecule is CCn1ccnc1CN[C@H](C)C1CCCCCC1. The van der Waals surface area contributed by atoms with E-state index in [2.05, 4.69) is 34.9 Å². The molecule has 0 unspecified atom stereocenters. The van der Waals surface area contributed by atoms with Gasteiger partial charge in [0.2, 0.25) is 0 Å². The van der Waals surface area contributed by atoms with Crippen molar-refractivity contribution in [1.82, 2.24) is 14.9 Å². The van der Waals surface area contributed by atoms with Gasteiger partial charge in [-0.15, -0.1) is 0 Å². The van der Waals surface area contributed by atoms with Crippen LogP contribution in [0.5, 0.6) is 0 Å². The molecule has 0 amide bonds. The average molecular weight is 249 g/mol. The third-order valence-corrected chi connectivity index (χ3v) is 4.33. The molecule has 1 N–H and O–H groups in total. The van der Waals surface area contributed by atoms with E-state index < -0.39 is 0 Å². The summed E-state index contributed by atoms with van der Waals surface area (Å²) in [5.74, 6) is 2.02. The maximum atomic E-state index is 4.42. The molecule has 1 aliphatic carbocycles. The third kappa shape index (κ3) is 3.58. The maximum Gasteiger partial charge on any atom is 0.122 e. The van der Waals surface area contributed by atoms with Gasteiger partial charge in [0, 0.05) is 25.0 Å². The summed E-state index contributed by atoms with van der Waals surface area (Å²) in [4.78, 5) is 4.42. The topological polar surface area (TPSA) is 29.9 Å². The minimum Gasteiger partial charge on any atom is -0.334 e. The first-order chi connectivity index (χ1) is 8.81. The molecule has 1 aromatic heterocycles. The van der Waals surface area contributed by atoms with E-state index in [1.54, 1.807) is 0 Å². The van der Waals surface area contributed by atoms with Gasteiger partial charge in [0.05, 0.1) is 6.54 Å². The van der Waals surface area contributed by atoms with Crippen LogP contribution < -0.4 is 5.32 Å². The summed E-state index contributed by atoms with van der Waals surface area (Å²) in [7, 11) is 0. The van der Waals surface area contributed by atoms with Gasteiger partial charge in [0.15, 0.2) is 0 Å². The van der Waals surface area contributed by atoms with Crippen LogP contribution in [-0.2, 0) is 13.1 Å². The zero-order chi connectivity index (χ0) is 12.8. The smallest absolute Gasteiger partial charge is 0.122 e. The molecule has 3 nitrogen and oxygen atoms in total. The van der Waals surface area contributed by atoms with Gasteiger partial charge in [-0.3, -0.25) is 0 Å². The molecular formula is C15H27N3. The Labute approximate surface area is 111 Å². The highest BCUT2D eigenvalue weighted by Crippen LogP contribution is 2.25. The Kier molecular flexibility index (Phi) is 5.24. The van der Waals surface area contributed by atoms with Crippen molar-refractivity contribution < 1.29 is 0 Å². The predicted molar refractivity (Wildman–Crippen MR) is 75.4 cm³/mol. The van der Waals surface area contributed by atoms with Gasteiger partial charge < -0.3 is 9.88 Å². The van der Waals surface area contributed by atoms with E-state index in [1.807, 2.05) is 6.20 Å². The van der Waals surface area contributed by atoms with E-state index in [4.69, 9.17) is 0 Å². The zero-order valence-corrected chi connectivity index (χ0v) is 11.9. The van der Waals surface area contributed by atoms with E-state index in [1.165, 1.54) is 38.5 Å². The van der Waals surface area contributed by atoms with Gasteiger partial charge in [-0.1, -0.05) is 25.7 Å². The van der Waals surface area contributed by atoms with Gasteiger partial charge >= 0.3 is 0 Å². The van der Waals surface area contributed by atoms with Crippen LogP contribution in [-0.4, -0.2) is 15.6 Å². The Morgan fingerprint density at radius 3 is 2.72 bits per heavy atom. The molecule has 1 heterocycles. The zero-order valence-electron chi connectivity index (χ0n) is 11.9. The monoisotopic (exact) mass is 249 g/mol. The lowest BCUT2D eigenvalue weighted by atomic mass is 9.93. The van der Waals surface area contributed by atoms with Crippen LogP contribution in [0.3, 0.4) is 0 Å². The Bertz CT molecular complexity index is 337. The fourth-order valence-electron chi connectivity index (χ4n) is 3.03. The molecule has 1 aliphatic rings. The van der Waals surface area contributed by atoms with E-state index >= 15 is 0 Å². The Balaban J connectivity index is 1.81. The van der Waals surface area contributed by atoms with Crippen molar-refractivity contribution >= 4 is 0 Å². The normalized spacial score (nSPS) is 19.7. The second-order valence-electron chi connectivity index (χ2n) is 5.55. The number of nitrogens with one attached hydrogen (secondary N) is 1. The molecule has 1 atom stereocenters. The number of aryl methyl sites for hydroxylation is 1. The number of rotatable bonds is 5. The standard InChI is InChI=1S/C15H27N3/c1-3-18-11-10-16-15(18)12-17-13(2)14-8-6-4-5-7-9-14/h10-11,13-14,17H,3-9,12H2,1-2H3/t13-/m1/s1. The second kappa shape index (κ2) is 6.93. The molecule has 1 saturated carbocycles. The van der Waals surface area contributed by atoms with Crippen LogP contribution in [0.1, 0.15) is 58.2 Å². The summed E-state index contributed by atoms with van der Waals surface area (Å²) >= 11 is 0. The number of hydrogen-bond acceptors (Lipinski definition) is 2. The van der Waals surface area contributed by atoms with E-state index in [0.717, 1.165) is 24.8 Å². The van der Waals surface area contributed by atoms with Crippen molar-refractivity contribution in [3.63, 3.8) is 0 Å². The van der Waals surface area contributed by atoms with Crippen LogP contribution in [0.4, 0.5) is 0 Å². The van der Waals surface area contributed by atoms with Crippen molar-refractivity contribution in [3.8, 4) is 0 Å². The highest BCUT2D eigenvalue weighted by Gasteiger charge is 2.18. The molecule has 18 heavy (non-hydrogen) atoms. The molecule has 0 bridgehead atoms. The molecule has 0 spiro atoms. The molecule has 3 heteroatoms. The van der Waals surface area contributed by atoms with Crippen LogP contribution in [0, 0.1) is 5.92 Å². The molecule has 0 saturated heterocycles. The summed E-state index contributed by atoms with van der Waals surface area (Å²) in [5.41, 5.74) is 0. The van der Waals surface area contributed by atoms with Crippen molar-refractivity contribution in [3.05, 3.63) is 18.2 Å². The quantitative estimate of drug-likeness (QED) is 0.811. The van der Waals surface area contributed by atoms with Crippen molar-refractivity contribution in [1.29, 1.82) is 0 Å². The molecule has 0 radical (unpaired) electrons. The minimum absolute atomic E-state index is 0.616. The first-order valence-corrected chi connectivity index (χ1v) is 7.54. The fourth-order valence-corrected chi connectivity index (χ4v) is 3.03. The van der Waals surface area contributed by atoms with Gasteiger partial charge in [-0.25, -0.2) is 4.98 Å². The van der Waals surface area contributed by atoms with Gasteiger partial charge in [-0.05, 0) is 32.6 Å². The molecule has 0 aliphatic heterocycles. The lowest BCUT2D eigenvalue weighted by Crippen LogP contribution is -2.33. The Morgan fingerprint density at radius 1 is 1.33 bits per heavy atom. The van der Waals surface area contributed by atoms with Gasteiger partial charge in [-0.2, -0.15) is 0 Å². The van der Waals surface area contributed by atoms with Crippen LogP contribution in [0.15, 0.2) is 12.4 Å². The molecule has 1 fully saturated rings. The third-order valence-electron chi connectivity index (χ3n) is 4.33. The summed E-state index contributed by atoms with van der Waals surface area (Å²) in [6, 6.07) is 0.616. The van der Waals surface area contributed by atoms with Gasteiger partial charge in [0.25, 0.3) is 0 Å². The first-order valence-electron chi connectivity index (χ1n) is 7.54. The Hall–Kier alpha value is -0.830. The van der Waals surface area contributed by atoms with Crippen molar-refractivity contribution in [2.24, 2.45) is 5.92 Å². The molecule has 0 aromatic carbocycles.